The lowest BCUT2D eigenvalue weighted by atomic mass is 10.1. The highest BCUT2D eigenvalue weighted by Gasteiger charge is 2.28. The van der Waals surface area contributed by atoms with Gasteiger partial charge >= 0.3 is 6.01 Å². The number of ether oxygens (including phenoxy) is 1. The zero-order valence-corrected chi connectivity index (χ0v) is 20.0. The topological polar surface area (TPSA) is 123 Å². The summed E-state index contributed by atoms with van der Waals surface area (Å²) in [5.74, 6) is 0.461. The van der Waals surface area contributed by atoms with Gasteiger partial charge in [-0.25, -0.2) is 0 Å². The maximum absolute atomic E-state index is 12.3. The van der Waals surface area contributed by atoms with Crippen molar-refractivity contribution < 1.29 is 18.6 Å². The summed E-state index contributed by atoms with van der Waals surface area (Å²) in [7, 11) is -1.30. The highest BCUT2D eigenvalue weighted by molar-refractivity contribution is 7.58. The van der Waals surface area contributed by atoms with E-state index in [-0.39, 0.29) is 37.0 Å². The molecule has 11 heteroatoms. The van der Waals surface area contributed by atoms with Crippen LogP contribution < -0.4 is 20.7 Å². The fraction of sp³-hybridized carbons (Fsp3) is 0.500. The molecular formula is C22H31N6O4P. The molecule has 2 aliphatic rings. The number of benzene rings is 1. The lowest BCUT2D eigenvalue weighted by Crippen LogP contribution is -2.39. The molecule has 3 heterocycles. The van der Waals surface area contributed by atoms with Crippen molar-refractivity contribution >= 4 is 30.6 Å². The van der Waals surface area contributed by atoms with Crippen LogP contribution in [0.2, 0.25) is 0 Å². The second-order valence-electron chi connectivity index (χ2n) is 8.57. The van der Waals surface area contributed by atoms with Crippen LogP contribution in [0.15, 0.2) is 24.3 Å². The van der Waals surface area contributed by atoms with E-state index in [0.29, 0.717) is 18.1 Å². The van der Waals surface area contributed by atoms with Crippen LogP contribution in [-0.2, 0) is 27.0 Å². The van der Waals surface area contributed by atoms with Crippen molar-refractivity contribution in [2.45, 2.75) is 25.9 Å². The number of anilines is 3. The molecule has 1 amide bonds. The summed E-state index contributed by atoms with van der Waals surface area (Å²) in [5.41, 5.74) is 8.82. The Morgan fingerprint density at radius 3 is 2.64 bits per heavy atom. The second kappa shape index (κ2) is 10.1. The zero-order chi connectivity index (χ0) is 23.4. The molecule has 0 aliphatic carbocycles. The Kier molecular flexibility index (Phi) is 7.17. The van der Waals surface area contributed by atoms with Gasteiger partial charge < -0.3 is 25.2 Å². The molecule has 178 valence electrons. The average molecular weight is 475 g/mol. The van der Waals surface area contributed by atoms with E-state index < -0.39 is 7.37 Å². The minimum atomic E-state index is -2.71. The molecule has 0 radical (unpaired) electrons. The third kappa shape index (κ3) is 6.01. The molecular weight excluding hydrogens is 443 g/mol. The number of amides is 1. The van der Waals surface area contributed by atoms with E-state index in [2.05, 4.69) is 32.3 Å². The number of aromatic nitrogens is 2. The van der Waals surface area contributed by atoms with Crippen molar-refractivity contribution in [3.8, 4) is 6.01 Å². The first-order valence-corrected chi connectivity index (χ1v) is 13.4. The SMILES string of the molecule is COP(C)(=O)CCOc1nc(N)c2c(n1)N(Cc1cccc(CN3CCCC3)c1)CC(=O)N2. The van der Waals surface area contributed by atoms with Gasteiger partial charge in [-0.15, -0.1) is 0 Å². The number of fused-ring (bicyclic) bond motifs is 1. The van der Waals surface area contributed by atoms with Crippen LogP contribution in [0.25, 0.3) is 0 Å². The van der Waals surface area contributed by atoms with E-state index in [1.54, 1.807) is 6.66 Å². The minimum absolute atomic E-state index is 0.0753. The van der Waals surface area contributed by atoms with Crippen LogP contribution in [0.4, 0.5) is 17.3 Å². The van der Waals surface area contributed by atoms with Crippen molar-refractivity contribution in [3.05, 3.63) is 35.4 Å². The number of carbonyl (C=O) groups is 1. The average Bonchev–Trinajstić information content (AvgIpc) is 3.28. The Bertz CT molecular complexity index is 1060. The molecule has 0 saturated carbocycles. The van der Waals surface area contributed by atoms with Gasteiger partial charge in [0.15, 0.2) is 11.6 Å². The molecule has 2 aliphatic heterocycles. The Hall–Kier alpha value is -2.68. The van der Waals surface area contributed by atoms with Gasteiger partial charge in [0, 0.05) is 26.9 Å². The van der Waals surface area contributed by atoms with Crippen LogP contribution in [0.3, 0.4) is 0 Å². The number of nitrogen functional groups attached to an aromatic ring is 1. The first kappa shape index (κ1) is 23.5. The van der Waals surface area contributed by atoms with Gasteiger partial charge in [0.25, 0.3) is 0 Å². The Balaban J connectivity index is 1.51. The van der Waals surface area contributed by atoms with E-state index in [4.69, 9.17) is 15.0 Å². The number of likely N-dealkylation sites (tertiary alicyclic amines) is 1. The predicted octanol–water partition coefficient (Wildman–Crippen LogP) is 2.55. The third-order valence-corrected chi connectivity index (χ3v) is 7.65. The first-order valence-electron chi connectivity index (χ1n) is 11.1. The molecule has 10 nitrogen and oxygen atoms in total. The van der Waals surface area contributed by atoms with Gasteiger partial charge in [-0.1, -0.05) is 24.3 Å². The van der Waals surface area contributed by atoms with Gasteiger partial charge in [-0.2, -0.15) is 9.97 Å². The molecule has 2 aromatic rings. The number of nitrogens with one attached hydrogen (secondary N) is 1. The summed E-state index contributed by atoms with van der Waals surface area (Å²) in [6.45, 7) is 5.53. The normalized spacial score (nSPS) is 18.0. The molecule has 1 fully saturated rings. The van der Waals surface area contributed by atoms with Crippen molar-refractivity contribution in [1.29, 1.82) is 0 Å². The quantitative estimate of drug-likeness (QED) is 0.528. The number of carbonyl (C=O) groups excluding carboxylic acids is 1. The molecule has 33 heavy (non-hydrogen) atoms. The van der Waals surface area contributed by atoms with Crippen LogP contribution in [0, 0.1) is 0 Å². The summed E-state index contributed by atoms with van der Waals surface area (Å²) in [6, 6.07) is 8.48. The monoisotopic (exact) mass is 474 g/mol. The molecule has 1 aromatic carbocycles. The minimum Gasteiger partial charge on any atom is -0.463 e. The molecule has 4 rings (SSSR count). The molecule has 1 atom stereocenters. The van der Waals surface area contributed by atoms with Gasteiger partial charge in [0.05, 0.1) is 12.7 Å². The maximum Gasteiger partial charge on any atom is 0.320 e. The van der Waals surface area contributed by atoms with E-state index in [0.717, 1.165) is 25.2 Å². The maximum atomic E-state index is 12.3. The lowest BCUT2D eigenvalue weighted by molar-refractivity contribution is -0.115. The Morgan fingerprint density at radius 2 is 1.91 bits per heavy atom. The van der Waals surface area contributed by atoms with E-state index in [9.17, 15) is 9.36 Å². The van der Waals surface area contributed by atoms with Crippen LogP contribution >= 0.6 is 7.37 Å². The summed E-state index contributed by atoms with van der Waals surface area (Å²) in [5, 5.41) is 2.76. The Morgan fingerprint density at radius 1 is 1.18 bits per heavy atom. The summed E-state index contributed by atoms with van der Waals surface area (Å²) < 4.78 is 22.7. The number of hydrogen-bond acceptors (Lipinski definition) is 9. The van der Waals surface area contributed by atoms with Crippen molar-refractivity contribution in [1.82, 2.24) is 14.9 Å². The molecule has 1 aromatic heterocycles. The summed E-state index contributed by atoms with van der Waals surface area (Å²) in [4.78, 5) is 25.3. The largest absolute Gasteiger partial charge is 0.463 e. The number of hydrogen-bond donors (Lipinski definition) is 2. The van der Waals surface area contributed by atoms with Gasteiger partial charge in [-0.05, 0) is 37.1 Å². The van der Waals surface area contributed by atoms with Crippen LogP contribution in [0.5, 0.6) is 6.01 Å². The third-order valence-electron chi connectivity index (χ3n) is 5.88. The van der Waals surface area contributed by atoms with Gasteiger partial charge in [0.2, 0.25) is 13.3 Å². The molecule has 1 unspecified atom stereocenters. The van der Waals surface area contributed by atoms with Gasteiger partial charge in [-0.3, -0.25) is 14.3 Å². The zero-order valence-electron chi connectivity index (χ0n) is 19.1. The van der Waals surface area contributed by atoms with E-state index >= 15 is 0 Å². The Labute approximate surface area is 193 Å². The highest BCUT2D eigenvalue weighted by atomic mass is 31.2. The fourth-order valence-electron chi connectivity index (χ4n) is 4.06. The van der Waals surface area contributed by atoms with E-state index in [1.807, 2.05) is 17.0 Å². The van der Waals surface area contributed by atoms with Crippen molar-refractivity contribution in [2.24, 2.45) is 0 Å². The van der Waals surface area contributed by atoms with Crippen molar-refractivity contribution in [3.63, 3.8) is 0 Å². The predicted molar refractivity (Wildman–Crippen MR) is 128 cm³/mol. The molecule has 0 spiro atoms. The van der Waals surface area contributed by atoms with Crippen LogP contribution in [0.1, 0.15) is 24.0 Å². The second-order valence-corrected chi connectivity index (χ2v) is 11.4. The smallest absolute Gasteiger partial charge is 0.320 e. The number of nitrogens with zero attached hydrogens (tertiary/aromatic N) is 4. The lowest BCUT2D eigenvalue weighted by Gasteiger charge is -2.30. The summed E-state index contributed by atoms with van der Waals surface area (Å²) >= 11 is 0. The first-order chi connectivity index (χ1) is 15.8. The fourth-order valence-corrected chi connectivity index (χ4v) is 4.66. The molecule has 0 bridgehead atoms. The van der Waals surface area contributed by atoms with E-state index in [1.165, 1.54) is 25.5 Å². The van der Waals surface area contributed by atoms with Gasteiger partial charge in [0.1, 0.15) is 12.3 Å². The van der Waals surface area contributed by atoms with Crippen molar-refractivity contribution in [2.75, 3.05) is 62.1 Å². The standard InChI is InChI=1S/C22H31N6O4P/c1-31-33(2,30)11-10-32-22-25-20(23)19-21(26-22)28(15-18(29)24-19)14-17-7-5-6-16(12-17)13-27-8-3-4-9-27/h5-7,12H,3-4,8-11,13-15H2,1-2H3,(H,24,29)(H2,23,25,26). The number of rotatable bonds is 9. The number of nitrogens with two attached hydrogens (primary N) is 1. The van der Waals surface area contributed by atoms with Crippen LogP contribution in [-0.4, -0.2) is 67.0 Å². The molecule has 1 saturated heterocycles. The molecule has 3 N–H and O–H groups in total. The highest BCUT2D eigenvalue weighted by Crippen LogP contribution is 2.41. The summed E-state index contributed by atoms with van der Waals surface area (Å²) in [6.07, 6.45) is 2.74.